The Hall–Kier alpha value is -3.27. The van der Waals surface area contributed by atoms with Gasteiger partial charge in [0, 0.05) is 53.3 Å². The molecule has 1 saturated heterocycles. The lowest BCUT2D eigenvalue weighted by atomic mass is 10.1. The summed E-state index contributed by atoms with van der Waals surface area (Å²) in [7, 11) is 0. The van der Waals surface area contributed by atoms with Gasteiger partial charge in [-0.25, -0.2) is 4.79 Å². The van der Waals surface area contributed by atoms with Gasteiger partial charge >= 0.3 is 12.1 Å². The molecule has 0 aliphatic carbocycles. The van der Waals surface area contributed by atoms with Crippen LogP contribution in [0.1, 0.15) is 0 Å². The molecule has 0 spiro atoms. The third kappa shape index (κ3) is 5.66. The fourth-order valence-electron chi connectivity index (χ4n) is 3.19. The molecule has 1 fully saturated rings. The second-order valence-electron chi connectivity index (χ2n) is 6.76. The number of halogens is 4. The third-order valence-electron chi connectivity index (χ3n) is 4.73. The van der Waals surface area contributed by atoms with Crippen LogP contribution in [0.4, 0.5) is 30.4 Å². The van der Waals surface area contributed by atoms with Crippen LogP contribution in [0.2, 0.25) is 5.02 Å². The van der Waals surface area contributed by atoms with Crippen molar-refractivity contribution in [1.29, 1.82) is 0 Å². The summed E-state index contributed by atoms with van der Waals surface area (Å²) in [4.78, 5) is 13.6. The Morgan fingerprint density at radius 2 is 1.61 bits per heavy atom. The lowest BCUT2D eigenvalue weighted by molar-refractivity contribution is -0.192. The van der Waals surface area contributed by atoms with Crippen LogP contribution in [-0.4, -0.2) is 53.6 Å². The Labute approximate surface area is 180 Å². The molecule has 7 nitrogen and oxygen atoms in total. The Kier molecular flexibility index (Phi) is 6.69. The van der Waals surface area contributed by atoms with Gasteiger partial charge in [0.05, 0.1) is 6.20 Å². The first kappa shape index (κ1) is 22.4. The van der Waals surface area contributed by atoms with Crippen LogP contribution >= 0.6 is 11.6 Å². The standard InChI is InChI=1S/C18H18ClN5.C2HF3O2/c19-14-2-1-3-15(11-14)23-6-8-24(9-7-23)16-4-5-17-13(10-16)12-21-22-18(17)20;3-2(4,5)1(6)7/h1-5,10-12H,6-9H2,(H2,20,22);(H,6,7). The van der Waals surface area contributed by atoms with E-state index in [0.29, 0.717) is 5.82 Å². The zero-order valence-electron chi connectivity index (χ0n) is 16.2. The number of nitrogen functional groups attached to an aromatic ring is 1. The van der Waals surface area contributed by atoms with E-state index in [1.165, 1.54) is 11.4 Å². The summed E-state index contributed by atoms with van der Waals surface area (Å²) in [6.45, 7) is 3.86. The summed E-state index contributed by atoms with van der Waals surface area (Å²) in [6, 6.07) is 14.3. The highest BCUT2D eigenvalue weighted by molar-refractivity contribution is 6.30. The topological polar surface area (TPSA) is 95.6 Å². The predicted molar refractivity (Wildman–Crippen MR) is 114 cm³/mol. The number of aromatic nitrogens is 2. The number of alkyl halides is 3. The number of fused-ring (bicyclic) bond motifs is 1. The molecule has 0 bridgehead atoms. The van der Waals surface area contributed by atoms with Crippen molar-refractivity contribution in [2.75, 3.05) is 41.7 Å². The summed E-state index contributed by atoms with van der Waals surface area (Å²) in [5.74, 6) is -2.28. The van der Waals surface area contributed by atoms with Crippen LogP contribution in [0.25, 0.3) is 10.8 Å². The lowest BCUT2D eigenvalue weighted by Gasteiger charge is -2.37. The predicted octanol–water partition coefficient (Wildman–Crippen LogP) is 3.83. The van der Waals surface area contributed by atoms with Crippen molar-refractivity contribution < 1.29 is 23.1 Å². The molecule has 31 heavy (non-hydrogen) atoms. The lowest BCUT2D eigenvalue weighted by Crippen LogP contribution is -2.46. The molecule has 3 N–H and O–H groups in total. The normalized spacial score (nSPS) is 14.2. The average molecular weight is 454 g/mol. The van der Waals surface area contributed by atoms with E-state index in [1.54, 1.807) is 6.20 Å². The van der Waals surface area contributed by atoms with Gasteiger partial charge in [-0.15, -0.1) is 5.10 Å². The molecular weight excluding hydrogens is 435 g/mol. The van der Waals surface area contributed by atoms with E-state index in [9.17, 15) is 13.2 Å². The maximum Gasteiger partial charge on any atom is 0.490 e. The highest BCUT2D eigenvalue weighted by atomic mass is 35.5. The van der Waals surface area contributed by atoms with Crippen LogP contribution in [0.15, 0.2) is 48.7 Å². The van der Waals surface area contributed by atoms with Gasteiger partial charge in [0.15, 0.2) is 5.82 Å². The molecule has 1 aromatic heterocycles. The summed E-state index contributed by atoms with van der Waals surface area (Å²) in [5.41, 5.74) is 8.25. The van der Waals surface area contributed by atoms with Crippen molar-refractivity contribution in [2.45, 2.75) is 6.18 Å². The summed E-state index contributed by atoms with van der Waals surface area (Å²) >= 11 is 6.10. The Morgan fingerprint density at radius 1 is 1.03 bits per heavy atom. The molecule has 0 unspecified atom stereocenters. The zero-order chi connectivity index (χ0) is 22.6. The minimum absolute atomic E-state index is 0.477. The van der Waals surface area contributed by atoms with Crippen molar-refractivity contribution in [3.8, 4) is 0 Å². The number of nitrogens with zero attached hydrogens (tertiary/aromatic N) is 4. The minimum atomic E-state index is -5.08. The average Bonchev–Trinajstić information content (AvgIpc) is 2.74. The summed E-state index contributed by atoms with van der Waals surface area (Å²) in [6.07, 6.45) is -3.32. The van der Waals surface area contributed by atoms with E-state index in [1.807, 2.05) is 24.3 Å². The number of anilines is 3. The summed E-state index contributed by atoms with van der Waals surface area (Å²) in [5, 5.41) is 17.7. The van der Waals surface area contributed by atoms with Gasteiger partial charge in [0.2, 0.25) is 0 Å². The second kappa shape index (κ2) is 9.25. The van der Waals surface area contributed by atoms with Crippen LogP contribution in [0, 0.1) is 0 Å². The van der Waals surface area contributed by atoms with Crippen molar-refractivity contribution >= 4 is 45.5 Å². The van der Waals surface area contributed by atoms with Crippen LogP contribution < -0.4 is 15.5 Å². The van der Waals surface area contributed by atoms with Crippen molar-refractivity contribution in [3.63, 3.8) is 0 Å². The quantitative estimate of drug-likeness (QED) is 0.609. The number of aliphatic carboxylic acids is 1. The largest absolute Gasteiger partial charge is 0.490 e. The molecular formula is C20H19ClF3N5O2. The van der Waals surface area contributed by atoms with E-state index in [-0.39, 0.29) is 0 Å². The van der Waals surface area contributed by atoms with E-state index in [0.717, 1.165) is 42.0 Å². The Balaban J connectivity index is 0.000000339. The first-order chi connectivity index (χ1) is 14.6. The van der Waals surface area contributed by atoms with Crippen molar-refractivity contribution in [2.24, 2.45) is 0 Å². The molecule has 0 saturated carbocycles. The molecule has 2 aromatic carbocycles. The molecule has 3 aromatic rings. The van der Waals surface area contributed by atoms with Gasteiger partial charge in [-0.05, 0) is 36.4 Å². The monoisotopic (exact) mass is 453 g/mol. The van der Waals surface area contributed by atoms with Crippen molar-refractivity contribution in [3.05, 3.63) is 53.7 Å². The molecule has 0 amide bonds. The third-order valence-corrected chi connectivity index (χ3v) is 4.97. The fourth-order valence-corrected chi connectivity index (χ4v) is 3.37. The van der Waals surface area contributed by atoms with Crippen LogP contribution in [0.5, 0.6) is 0 Å². The molecule has 2 heterocycles. The molecule has 0 radical (unpaired) electrons. The number of benzene rings is 2. The maximum atomic E-state index is 10.6. The maximum absolute atomic E-state index is 10.6. The number of piperazine rings is 1. The number of nitrogens with two attached hydrogens (primary N) is 1. The second-order valence-corrected chi connectivity index (χ2v) is 7.19. The number of carboxylic acids is 1. The summed E-state index contributed by atoms with van der Waals surface area (Å²) < 4.78 is 31.7. The number of carbonyl (C=O) groups is 1. The SMILES string of the molecule is Nc1nncc2cc(N3CCN(c4cccc(Cl)c4)CC3)ccc12.O=C(O)C(F)(F)F. The van der Waals surface area contributed by atoms with Gasteiger partial charge in [-0.3, -0.25) is 0 Å². The van der Waals surface area contributed by atoms with Crippen LogP contribution in [0.3, 0.4) is 0 Å². The minimum Gasteiger partial charge on any atom is -0.475 e. The van der Waals surface area contributed by atoms with Crippen molar-refractivity contribution in [1.82, 2.24) is 10.2 Å². The van der Waals surface area contributed by atoms with Gasteiger partial charge < -0.3 is 20.6 Å². The smallest absolute Gasteiger partial charge is 0.475 e. The van der Waals surface area contributed by atoms with E-state index < -0.39 is 12.1 Å². The molecule has 1 aliphatic heterocycles. The van der Waals surface area contributed by atoms with Gasteiger partial charge in [-0.2, -0.15) is 18.3 Å². The first-order valence-corrected chi connectivity index (χ1v) is 9.59. The Morgan fingerprint density at radius 3 is 2.16 bits per heavy atom. The zero-order valence-corrected chi connectivity index (χ0v) is 16.9. The highest BCUT2D eigenvalue weighted by Crippen LogP contribution is 2.26. The van der Waals surface area contributed by atoms with E-state index >= 15 is 0 Å². The number of rotatable bonds is 2. The van der Waals surface area contributed by atoms with Gasteiger partial charge in [0.1, 0.15) is 0 Å². The number of carboxylic acid groups (broad SMARTS) is 1. The van der Waals surface area contributed by atoms with Gasteiger partial charge in [0.25, 0.3) is 0 Å². The number of hydrogen-bond acceptors (Lipinski definition) is 6. The number of hydrogen-bond donors (Lipinski definition) is 2. The fraction of sp³-hybridized carbons (Fsp3) is 0.250. The molecule has 164 valence electrons. The van der Waals surface area contributed by atoms with E-state index in [4.69, 9.17) is 27.2 Å². The molecule has 4 rings (SSSR count). The van der Waals surface area contributed by atoms with E-state index in [2.05, 4.69) is 38.2 Å². The van der Waals surface area contributed by atoms with Gasteiger partial charge in [-0.1, -0.05) is 17.7 Å². The molecule has 1 aliphatic rings. The van der Waals surface area contributed by atoms with Crippen LogP contribution in [-0.2, 0) is 4.79 Å². The molecule has 0 atom stereocenters. The molecule has 11 heteroatoms. The highest BCUT2D eigenvalue weighted by Gasteiger charge is 2.38. The Bertz CT molecular complexity index is 1070. The first-order valence-electron chi connectivity index (χ1n) is 9.21.